The minimum atomic E-state index is -0.671. The molecule has 2 N–H and O–H groups in total. The van der Waals surface area contributed by atoms with E-state index in [9.17, 15) is 9.59 Å². The molecule has 0 unspecified atom stereocenters. The van der Waals surface area contributed by atoms with Gasteiger partial charge in [0.2, 0.25) is 0 Å². The fraction of sp³-hybridized carbons (Fsp3) is 0.188. The Labute approximate surface area is 127 Å². The molecule has 0 aliphatic heterocycles. The van der Waals surface area contributed by atoms with E-state index in [1.807, 2.05) is 13.0 Å². The van der Waals surface area contributed by atoms with Crippen molar-refractivity contribution >= 4 is 17.4 Å². The van der Waals surface area contributed by atoms with Crippen molar-refractivity contribution in [1.82, 2.24) is 4.57 Å². The predicted molar refractivity (Wildman–Crippen MR) is 81.0 cm³/mol. The van der Waals surface area contributed by atoms with Gasteiger partial charge in [0.1, 0.15) is 6.07 Å². The fourth-order valence-electron chi connectivity index (χ4n) is 2.24. The average molecular weight is 297 g/mol. The zero-order valence-corrected chi connectivity index (χ0v) is 12.5. The van der Waals surface area contributed by atoms with Crippen molar-refractivity contribution in [1.29, 1.82) is 5.26 Å². The highest BCUT2D eigenvalue weighted by Gasteiger charge is 2.23. The number of nitrogens with zero attached hydrogens (tertiary/aromatic N) is 2. The van der Waals surface area contributed by atoms with Gasteiger partial charge in [0.05, 0.1) is 24.0 Å². The maximum atomic E-state index is 12.0. The van der Waals surface area contributed by atoms with Gasteiger partial charge in [-0.25, -0.2) is 4.79 Å². The number of hydrogen-bond acceptors (Lipinski definition) is 5. The molecule has 6 nitrogen and oxygen atoms in total. The molecule has 0 saturated heterocycles. The SMILES string of the molecule is COC(=O)c1c(N)c(C#N)cn1-c1cc(C)ccc1C(C)=O. The number of carbonyl (C=O) groups is 2. The molecule has 0 radical (unpaired) electrons. The second-order valence-corrected chi connectivity index (χ2v) is 4.86. The molecule has 1 heterocycles. The van der Waals surface area contributed by atoms with Gasteiger partial charge in [-0.3, -0.25) is 4.79 Å². The first-order valence-electron chi connectivity index (χ1n) is 6.52. The Morgan fingerprint density at radius 2 is 2.05 bits per heavy atom. The van der Waals surface area contributed by atoms with Crippen LogP contribution in [-0.4, -0.2) is 23.4 Å². The Balaban J connectivity index is 2.84. The monoisotopic (exact) mass is 297 g/mol. The van der Waals surface area contributed by atoms with E-state index in [2.05, 4.69) is 0 Å². The second-order valence-electron chi connectivity index (χ2n) is 4.86. The third-order valence-corrected chi connectivity index (χ3v) is 3.34. The van der Waals surface area contributed by atoms with Crippen LogP contribution in [0.4, 0.5) is 5.69 Å². The van der Waals surface area contributed by atoms with Crippen LogP contribution in [0.25, 0.3) is 5.69 Å². The second kappa shape index (κ2) is 5.74. The van der Waals surface area contributed by atoms with Crippen LogP contribution in [0, 0.1) is 18.3 Å². The molecule has 2 rings (SSSR count). The van der Waals surface area contributed by atoms with Crippen LogP contribution in [0.1, 0.15) is 38.9 Å². The van der Waals surface area contributed by atoms with Gasteiger partial charge in [0, 0.05) is 11.8 Å². The number of methoxy groups -OCH3 is 1. The fourth-order valence-corrected chi connectivity index (χ4v) is 2.24. The third kappa shape index (κ3) is 2.44. The highest BCUT2D eigenvalue weighted by Crippen LogP contribution is 2.27. The first-order chi connectivity index (χ1) is 10.4. The minimum Gasteiger partial charge on any atom is -0.464 e. The number of Topliss-reactive ketones (excluding diaryl/α,β-unsaturated/α-hetero) is 1. The number of anilines is 1. The maximum absolute atomic E-state index is 12.0. The maximum Gasteiger partial charge on any atom is 0.357 e. The van der Waals surface area contributed by atoms with Gasteiger partial charge < -0.3 is 15.0 Å². The molecular weight excluding hydrogens is 282 g/mol. The molecule has 0 spiro atoms. The van der Waals surface area contributed by atoms with E-state index in [0.29, 0.717) is 11.3 Å². The zero-order chi connectivity index (χ0) is 16.4. The summed E-state index contributed by atoms with van der Waals surface area (Å²) in [6.07, 6.45) is 1.43. The predicted octanol–water partition coefficient (Wildman–Crippen LogP) is 2.23. The standard InChI is InChI=1S/C16H15N3O3/c1-9-4-5-12(10(2)20)13(6-9)19-8-11(7-17)14(18)15(19)16(21)22-3/h4-6,8H,18H2,1-3H3. The molecule has 0 aliphatic carbocycles. The topological polar surface area (TPSA) is 98.1 Å². The van der Waals surface area contributed by atoms with Crippen molar-refractivity contribution < 1.29 is 14.3 Å². The molecule has 22 heavy (non-hydrogen) atoms. The lowest BCUT2D eigenvalue weighted by molar-refractivity contribution is 0.0592. The molecule has 112 valence electrons. The lowest BCUT2D eigenvalue weighted by atomic mass is 10.1. The summed E-state index contributed by atoms with van der Waals surface area (Å²) in [6, 6.07) is 7.16. The van der Waals surface area contributed by atoms with E-state index in [-0.39, 0.29) is 22.7 Å². The third-order valence-electron chi connectivity index (χ3n) is 3.34. The van der Waals surface area contributed by atoms with E-state index in [1.165, 1.54) is 24.8 Å². The highest BCUT2D eigenvalue weighted by atomic mass is 16.5. The van der Waals surface area contributed by atoms with E-state index < -0.39 is 5.97 Å². The number of aromatic nitrogens is 1. The van der Waals surface area contributed by atoms with E-state index in [1.54, 1.807) is 18.2 Å². The number of aryl methyl sites for hydroxylation is 1. The van der Waals surface area contributed by atoms with Gasteiger partial charge in [0.15, 0.2) is 11.5 Å². The number of ketones is 1. The van der Waals surface area contributed by atoms with E-state index >= 15 is 0 Å². The van der Waals surface area contributed by atoms with Gasteiger partial charge in [0.25, 0.3) is 0 Å². The number of ether oxygens (including phenoxy) is 1. The molecule has 1 aromatic carbocycles. The smallest absolute Gasteiger partial charge is 0.357 e. The number of nitriles is 1. The summed E-state index contributed by atoms with van der Waals surface area (Å²) < 4.78 is 6.17. The first-order valence-corrected chi connectivity index (χ1v) is 6.52. The van der Waals surface area contributed by atoms with Crippen LogP contribution in [0.5, 0.6) is 0 Å². The van der Waals surface area contributed by atoms with Crippen LogP contribution in [0.3, 0.4) is 0 Å². The number of nitrogens with two attached hydrogens (primary N) is 1. The van der Waals surface area contributed by atoms with Crippen molar-refractivity contribution in [2.45, 2.75) is 13.8 Å². The largest absolute Gasteiger partial charge is 0.464 e. The molecule has 0 aliphatic rings. The Bertz CT molecular complexity index is 813. The zero-order valence-electron chi connectivity index (χ0n) is 12.5. The number of hydrogen-bond donors (Lipinski definition) is 1. The van der Waals surface area contributed by atoms with Crippen molar-refractivity contribution in [3.63, 3.8) is 0 Å². The quantitative estimate of drug-likeness (QED) is 0.692. The normalized spacial score (nSPS) is 10.1. The van der Waals surface area contributed by atoms with Crippen LogP contribution in [0.2, 0.25) is 0 Å². The summed E-state index contributed by atoms with van der Waals surface area (Å²) >= 11 is 0. The Hall–Kier alpha value is -3.07. The number of nitrogen functional groups attached to an aromatic ring is 1. The molecule has 0 amide bonds. The molecular formula is C16H15N3O3. The Morgan fingerprint density at radius 3 is 2.59 bits per heavy atom. The molecule has 0 fully saturated rings. The van der Waals surface area contributed by atoms with Crippen molar-refractivity contribution in [3.05, 3.63) is 46.8 Å². The van der Waals surface area contributed by atoms with E-state index in [0.717, 1.165) is 5.56 Å². The lowest BCUT2D eigenvalue weighted by Gasteiger charge is -2.12. The Morgan fingerprint density at radius 1 is 1.36 bits per heavy atom. The summed E-state index contributed by atoms with van der Waals surface area (Å²) in [5.74, 6) is -0.827. The van der Waals surface area contributed by atoms with Gasteiger partial charge in [-0.1, -0.05) is 6.07 Å². The van der Waals surface area contributed by atoms with Crippen molar-refractivity contribution in [2.24, 2.45) is 0 Å². The Kier molecular flexibility index (Phi) is 4.00. The molecule has 0 bridgehead atoms. The summed E-state index contributed by atoms with van der Waals surface area (Å²) in [5.41, 5.74) is 7.90. The number of benzene rings is 1. The van der Waals surface area contributed by atoms with Crippen molar-refractivity contribution in [3.8, 4) is 11.8 Å². The number of esters is 1. The average Bonchev–Trinajstić information content (AvgIpc) is 2.82. The first kappa shape index (κ1) is 15.3. The summed E-state index contributed by atoms with van der Waals surface area (Å²) in [6.45, 7) is 3.30. The molecule has 6 heteroatoms. The highest BCUT2D eigenvalue weighted by molar-refractivity contribution is 6.00. The van der Waals surface area contributed by atoms with Gasteiger partial charge in [-0.15, -0.1) is 0 Å². The summed E-state index contributed by atoms with van der Waals surface area (Å²) in [4.78, 5) is 23.8. The molecule has 2 aromatic rings. The number of carbonyl (C=O) groups excluding carboxylic acids is 2. The van der Waals surface area contributed by atoms with Gasteiger partial charge in [-0.05, 0) is 31.5 Å². The number of rotatable bonds is 3. The summed E-state index contributed by atoms with van der Waals surface area (Å²) in [5, 5.41) is 9.13. The van der Waals surface area contributed by atoms with Crippen LogP contribution >= 0.6 is 0 Å². The van der Waals surface area contributed by atoms with Crippen molar-refractivity contribution in [2.75, 3.05) is 12.8 Å². The summed E-state index contributed by atoms with van der Waals surface area (Å²) in [7, 11) is 1.23. The van der Waals surface area contributed by atoms with Gasteiger partial charge >= 0.3 is 5.97 Å². The van der Waals surface area contributed by atoms with E-state index in [4.69, 9.17) is 15.7 Å². The van der Waals surface area contributed by atoms with Gasteiger partial charge in [-0.2, -0.15) is 5.26 Å². The molecule has 0 saturated carbocycles. The minimum absolute atomic E-state index is 0.0327. The molecule has 0 atom stereocenters. The lowest BCUT2D eigenvalue weighted by Crippen LogP contribution is -2.13. The van der Waals surface area contributed by atoms with Crippen LogP contribution in [0.15, 0.2) is 24.4 Å². The molecule has 1 aromatic heterocycles. The van der Waals surface area contributed by atoms with Crippen LogP contribution < -0.4 is 5.73 Å². The van der Waals surface area contributed by atoms with Crippen LogP contribution in [-0.2, 0) is 4.74 Å².